The molecule has 0 aliphatic carbocycles. The fourth-order valence-electron chi connectivity index (χ4n) is 1.84. The number of hydrogen-bond donors (Lipinski definition) is 1. The van der Waals surface area contributed by atoms with Crippen molar-refractivity contribution in [3.8, 4) is 0 Å². The van der Waals surface area contributed by atoms with Crippen molar-refractivity contribution in [3.63, 3.8) is 0 Å². The van der Waals surface area contributed by atoms with Crippen molar-refractivity contribution in [3.05, 3.63) is 0 Å². The van der Waals surface area contributed by atoms with Gasteiger partial charge >= 0.3 is 0 Å². The van der Waals surface area contributed by atoms with Gasteiger partial charge in [0.05, 0.1) is 0 Å². The summed E-state index contributed by atoms with van der Waals surface area (Å²) in [5, 5.41) is 9.37. The lowest BCUT2D eigenvalue weighted by Gasteiger charge is -2.33. The molecular weight excluding hydrogens is 365 g/mol. The van der Waals surface area contributed by atoms with Crippen molar-refractivity contribution in [2.45, 2.75) is 43.6 Å². The number of carbonyl (C=O) groups excluding carboxylic acids is 2. The van der Waals surface area contributed by atoms with Crippen LogP contribution in [0.1, 0.15) is 40.0 Å². The predicted molar refractivity (Wildman–Crippen MR) is 82.0 cm³/mol. The van der Waals surface area contributed by atoms with E-state index < -0.39 is 20.7 Å². The van der Waals surface area contributed by atoms with E-state index in [1.54, 1.807) is 13.8 Å². The van der Waals surface area contributed by atoms with E-state index in [0.717, 1.165) is 6.42 Å². The fourth-order valence-corrected chi connectivity index (χ4v) is 2.90. The molecule has 0 spiro atoms. The lowest BCUT2D eigenvalue weighted by molar-refractivity contribution is -0.149. The summed E-state index contributed by atoms with van der Waals surface area (Å²) in [6.45, 7) is 5.86. The van der Waals surface area contributed by atoms with E-state index in [1.807, 2.05) is 29.5 Å². The molecule has 0 bridgehead atoms. The molecule has 6 heteroatoms. The number of rotatable bonds is 4. The number of carbonyl (C=O) groups is 2. The average Bonchev–Trinajstić information content (AvgIpc) is 2.70. The highest BCUT2D eigenvalue weighted by Crippen LogP contribution is 2.38. The first-order chi connectivity index (χ1) is 8.16. The van der Waals surface area contributed by atoms with Gasteiger partial charge < -0.3 is 10.0 Å². The Morgan fingerprint density at radius 2 is 2.06 bits per heavy atom. The SMILES string of the molecule is CCC(C)(C)C(=O)C(=O)N1CCC[C@]1(I)C(O)=S. The standard InChI is InChI=1S/C12H18INO3S/c1-4-11(2,3)8(15)9(16)14-7-5-6-12(14,13)10(17)18/h4-7H2,1-3H3,(H,17,18)/t12-/m1/s1. The summed E-state index contributed by atoms with van der Waals surface area (Å²) < 4.78 is -0.899. The van der Waals surface area contributed by atoms with E-state index in [0.29, 0.717) is 19.4 Å². The molecule has 0 radical (unpaired) electrons. The number of aliphatic hydroxyl groups excluding tert-OH is 1. The van der Waals surface area contributed by atoms with Crippen molar-refractivity contribution in [1.82, 2.24) is 4.90 Å². The second-order valence-corrected chi connectivity index (χ2v) is 7.36. The van der Waals surface area contributed by atoms with Gasteiger partial charge in [0, 0.05) is 12.0 Å². The second kappa shape index (κ2) is 5.40. The summed E-state index contributed by atoms with van der Waals surface area (Å²) in [4.78, 5) is 25.9. The predicted octanol–water partition coefficient (Wildman–Crippen LogP) is 2.63. The van der Waals surface area contributed by atoms with E-state index in [1.165, 1.54) is 4.90 Å². The Morgan fingerprint density at radius 3 is 2.50 bits per heavy atom. The molecule has 1 fully saturated rings. The van der Waals surface area contributed by atoms with Crippen LogP contribution in [0, 0.1) is 5.41 Å². The average molecular weight is 383 g/mol. The van der Waals surface area contributed by atoms with Gasteiger partial charge in [0.1, 0.15) is 0 Å². The maximum absolute atomic E-state index is 12.3. The van der Waals surface area contributed by atoms with Crippen molar-refractivity contribution in [2.24, 2.45) is 5.41 Å². The third kappa shape index (κ3) is 2.68. The summed E-state index contributed by atoms with van der Waals surface area (Å²) >= 11 is 6.78. The molecule has 102 valence electrons. The van der Waals surface area contributed by atoms with Gasteiger partial charge in [-0.15, -0.1) is 0 Å². The first-order valence-electron chi connectivity index (χ1n) is 5.95. The van der Waals surface area contributed by atoms with Crippen molar-refractivity contribution in [1.29, 1.82) is 0 Å². The maximum Gasteiger partial charge on any atom is 0.291 e. The van der Waals surface area contributed by atoms with Gasteiger partial charge in [-0.2, -0.15) is 0 Å². The number of aliphatic hydroxyl groups is 1. The minimum absolute atomic E-state index is 0.226. The molecular formula is C12H18INO3S. The number of Topliss-reactive ketones (excluding diaryl/α,β-unsaturated/α-hetero) is 1. The smallest absolute Gasteiger partial charge is 0.291 e. The Bertz CT molecular complexity index is 397. The number of ketones is 1. The monoisotopic (exact) mass is 383 g/mol. The lowest BCUT2D eigenvalue weighted by Crippen LogP contribution is -2.52. The molecule has 1 heterocycles. The largest absolute Gasteiger partial charge is 0.500 e. The van der Waals surface area contributed by atoms with Crippen LogP contribution in [0.5, 0.6) is 0 Å². The lowest BCUT2D eigenvalue weighted by atomic mass is 9.84. The van der Waals surface area contributed by atoms with Crippen LogP contribution in [0.25, 0.3) is 0 Å². The van der Waals surface area contributed by atoms with Crippen LogP contribution in [0.2, 0.25) is 0 Å². The Hall–Kier alpha value is -0.240. The molecule has 0 aromatic rings. The molecule has 1 N–H and O–H groups in total. The molecule has 1 saturated heterocycles. The van der Waals surface area contributed by atoms with Crippen molar-refractivity contribution < 1.29 is 14.7 Å². The molecule has 1 amide bonds. The summed E-state index contributed by atoms with van der Waals surface area (Å²) in [6.07, 6.45) is 1.94. The molecule has 1 atom stereocenters. The van der Waals surface area contributed by atoms with Gasteiger partial charge in [0.25, 0.3) is 5.91 Å². The number of likely N-dealkylation sites (tertiary alicyclic amines) is 1. The molecule has 18 heavy (non-hydrogen) atoms. The molecule has 1 rings (SSSR count). The Balaban J connectivity index is 2.98. The normalized spacial score (nSPS) is 24.1. The topological polar surface area (TPSA) is 57.6 Å². The van der Waals surface area contributed by atoms with E-state index in [2.05, 4.69) is 0 Å². The van der Waals surface area contributed by atoms with E-state index >= 15 is 0 Å². The zero-order valence-electron chi connectivity index (χ0n) is 10.8. The third-order valence-corrected chi connectivity index (χ3v) is 5.92. The molecule has 0 unspecified atom stereocenters. The fraction of sp³-hybridized carbons (Fsp3) is 0.750. The van der Waals surface area contributed by atoms with Crippen LogP contribution < -0.4 is 0 Å². The zero-order valence-corrected chi connectivity index (χ0v) is 13.8. The number of halogens is 1. The molecule has 0 aromatic carbocycles. The van der Waals surface area contributed by atoms with Gasteiger partial charge in [-0.1, -0.05) is 20.8 Å². The highest BCUT2D eigenvalue weighted by Gasteiger charge is 2.48. The van der Waals surface area contributed by atoms with Gasteiger partial charge in [-0.05, 0) is 54.1 Å². The Kier molecular flexibility index (Phi) is 4.75. The number of hydrogen-bond acceptors (Lipinski definition) is 3. The Morgan fingerprint density at radius 1 is 1.50 bits per heavy atom. The van der Waals surface area contributed by atoms with Crippen LogP contribution in [-0.4, -0.2) is 36.8 Å². The van der Waals surface area contributed by atoms with Crippen molar-refractivity contribution in [2.75, 3.05) is 6.54 Å². The molecule has 4 nitrogen and oxygen atoms in total. The van der Waals surface area contributed by atoms with E-state index in [9.17, 15) is 14.7 Å². The van der Waals surface area contributed by atoms with Crippen molar-refractivity contribution >= 4 is 51.5 Å². The van der Waals surface area contributed by atoms with Gasteiger partial charge in [0.2, 0.25) is 5.78 Å². The van der Waals surface area contributed by atoms with Gasteiger partial charge in [-0.25, -0.2) is 0 Å². The van der Waals surface area contributed by atoms with Crippen LogP contribution in [0.3, 0.4) is 0 Å². The highest BCUT2D eigenvalue weighted by atomic mass is 127. The summed E-state index contributed by atoms with van der Waals surface area (Å²) in [7, 11) is 0. The Labute approximate surface area is 126 Å². The highest BCUT2D eigenvalue weighted by molar-refractivity contribution is 14.1. The van der Waals surface area contributed by atoms with E-state index in [4.69, 9.17) is 12.2 Å². The van der Waals surface area contributed by atoms with Gasteiger partial charge in [0.15, 0.2) is 8.60 Å². The minimum Gasteiger partial charge on any atom is -0.500 e. The molecule has 1 aliphatic rings. The maximum atomic E-state index is 12.3. The summed E-state index contributed by atoms with van der Waals surface area (Å²) in [6, 6.07) is 0. The van der Waals surface area contributed by atoms with Crippen LogP contribution in [0.4, 0.5) is 0 Å². The second-order valence-electron chi connectivity index (χ2n) is 5.19. The molecule has 0 saturated carbocycles. The number of alkyl halides is 1. The third-order valence-electron chi connectivity index (χ3n) is 3.58. The minimum atomic E-state index is -0.899. The van der Waals surface area contributed by atoms with Gasteiger partial charge in [-0.3, -0.25) is 9.59 Å². The molecule has 0 aromatic heterocycles. The number of thiocarbonyl (C=S) groups is 1. The van der Waals surface area contributed by atoms with Crippen LogP contribution in [-0.2, 0) is 9.59 Å². The number of nitrogens with zero attached hydrogens (tertiary/aromatic N) is 1. The molecule has 1 aliphatic heterocycles. The van der Waals surface area contributed by atoms with E-state index in [-0.39, 0.29) is 5.05 Å². The summed E-state index contributed by atoms with van der Waals surface area (Å²) in [5.74, 6) is -0.950. The van der Waals surface area contributed by atoms with Crippen LogP contribution >= 0.6 is 34.8 Å². The van der Waals surface area contributed by atoms with Crippen LogP contribution in [0.15, 0.2) is 0 Å². The zero-order chi connectivity index (χ0) is 14.1. The number of amides is 1. The first kappa shape index (κ1) is 15.8. The quantitative estimate of drug-likeness (QED) is 0.267. The first-order valence-corrected chi connectivity index (χ1v) is 7.44. The summed E-state index contributed by atoms with van der Waals surface area (Å²) in [5.41, 5.74) is -0.672.